The van der Waals surface area contributed by atoms with Crippen LogP contribution in [0.3, 0.4) is 0 Å². The predicted octanol–water partition coefficient (Wildman–Crippen LogP) is 1.70. The Morgan fingerprint density at radius 3 is 3.00 bits per heavy atom. The molecule has 1 amide bonds. The van der Waals surface area contributed by atoms with Crippen LogP contribution in [-0.4, -0.2) is 33.9 Å². The number of rotatable bonds is 4. The number of ether oxygens (including phenoxy) is 1. The topological polar surface area (TPSA) is 76.4 Å². The van der Waals surface area contributed by atoms with E-state index in [4.69, 9.17) is 9.84 Å². The number of methoxy groups -OCH3 is 1. The lowest BCUT2D eigenvalue weighted by atomic mass is 10.3. The highest BCUT2D eigenvalue weighted by Gasteiger charge is 2.09. The minimum Gasteiger partial charge on any atom is -0.481 e. The lowest BCUT2D eigenvalue weighted by molar-refractivity contribution is 0.189. The van der Waals surface area contributed by atoms with Gasteiger partial charge < -0.3 is 19.7 Å². The van der Waals surface area contributed by atoms with Gasteiger partial charge in [-0.25, -0.2) is 9.78 Å². The maximum Gasteiger partial charge on any atom is 0.404 e. The van der Waals surface area contributed by atoms with Crippen molar-refractivity contribution in [3.8, 4) is 5.88 Å². The summed E-state index contributed by atoms with van der Waals surface area (Å²) >= 11 is 0. The van der Waals surface area contributed by atoms with E-state index < -0.39 is 6.09 Å². The molecule has 2 rings (SSSR count). The molecule has 2 aromatic rings. The monoisotopic (exact) mass is 249 g/mol. The van der Waals surface area contributed by atoms with Crippen molar-refractivity contribution >= 4 is 17.1 Å². The highest BCUT2D eigenvalue weighted by molar-refractivity contribution is 5.76. The number of aromatic nitrogens is 2. The largest absolute Gasteiger partial charge is 0.481 e. The van der Waals surface area contributed by atoms with Crippen LogP contribution in [0.1, 0.15) is 6.92 Å². The number of hydrogen-bond donors (Lipinski definition) is 2. The smallest absolute Gasteiger partial charge is 0.404 e. The van der Waals surface area contributed by atoms with E-state index in [1.807, 2.05) is 29.8 Å². The Kier molecular flexibility index (Phi) is 3.36. The van der Waals surface area contributed by atoms with E-state index in [1.54, 1.807) is 13.2 Å². The van der Waals surface area contributed by atoms with Crippen molar-refractivity contribution in [1.82, 2.24) is 14.9 Å². The van der Waals surface area contributed by atoms with Crippen LogP contribution in [0.5, 0.6) is 5.88 Å². The van der Waals surface area contributed by atoms with E-state index >= 15 is 0 Å². The molecule has 0 spiro atoms. The van der Waals surface area contributed by atoms with Crippen molar-refractivity contribution < 1.29 is 14.6 Å². The molecule has 18 heavy (non-hydrogen) atoms. The molecule has 6 nitrogen and oxygen atoms in total. The molecule has 0 radical (unpaired) electrons. The first-order chi connectivity index (χ1) is 8.60. The Morgan fingerprint density at radius 2 is 2.33 bits per heavy atom. The summed E-state index contributed by atoms with van der Waals surface area (Å²) in [6, 6.07) is 5.41. The fourth-order valence-corrected chi connectivity index (χ4v) is 1.88. The molecular formula is C12H15N3O3. The highest BCUT2D eigenvalue weighted by atomic mass is 16.5. The maximum atomic E-state index is 10.5. The van der Waals surface area contributed by atoms with Gasteiger partial charge in [0, 0.05) is 24.8 Å². The normalized spacial score (nSPS) is 12.3. The van der Waals surface area contributed by atoms with Crippen LogP contribution in [0, 0.1) is 0 Å². The van der Waals surface area contributed by atoms with Gasteiger partial charge in [-0.1, -0.05) is 0 Å². The van der Waals surface area contributed by atoms with E-state index in [-0.39, 0.29) is 6.04 Å². The maximum absolute atomic E-state index is 10.5. The molecule has 0 saturated carbocycles. The summed E-state index contributed by atoms with van der Waals surface area (Å²) in [7, 11) is 1.57. The zero-order valence-electron chi connectivity index (χ0n) is 10.3. The summed E-state index contributed by atoms with van der Waals surface area (Å²) in [6.07, 6.45) is 0.871. The second-order valence-corrected chi connectivity index (χ2v) is 4.08. The van der Waals surface area contributed by atoms with Gasteiger partial charge in [-0.3, -0.25) is 0 Å². The lowest BCUT2D eigenvalue weighted by Gasteiger charge is -2.13. The minimum absolute atomic E-state index is 0.166. The third kappa shape index (κ3) is 2.53. The minimum atomic E-state index is -1.02. The van der Waals surface area contributed by atoms with Gasteiger partial charge in [0.15, 0.2) is 0 Å². The molecule has 1 atom stereocenters. The average Bonchev–Trinajstić information content (AvgIpc) is 2.70. The van der Waals surface area contributed by atoms with Crippen molar-refractivity contribution in [2.75, 3.05) is 7.11 Å². The number of carbonyl (C=O) groups is 1. The van der Waals surface area contributed by atoms with Gasteiger partial charge in [-0.15, -0.1) is 0 Å². The zero-order chi connectivity index (χ0) is 13.1. The molecule has 1 unspecified atom stereocenters. The van der Waals surface area contributed by atoms with E-state index in [0.29, 0.717) is 12.4 Å². The first-order valence-electron chi connectivity index (χ1n) is 5.59. The van der Waals surface area contributed by atoms with Crippen molar-refractivity contribution in [3.05, 3.63) is 24.4 Å². The van der Waals surface area contributed by atoms with Gasteiger partial charge in [0.1, 0.15) is 0 Å². The van der Waals surface area contributed by atoms with Gasteiger partial charge in [0.05, 0.1) is 18.1 Å². The van der Waals surface area contributed by atoms with Gasteiger partial charge in [-0.2, -0.15) is 0 Å². The molecule has 0 fully saturated rings. The number of nitrogens with one attached hydrogen (secondary N) is 1. The van der Waals surface area contributed by atoms with Crippen molar-refractivity contribution in [1.29, 1.82) is 0 Å². The SMILES string of the molecule is COc1ccc2c(ccn2CC(C)NC(=O)O)n1. The summed E-state index contributed by atoms with van der Waals surface area (Å²) in [6.45, 7) is 2.38. The second-order valence-electron chi connectivity index (χ2n) is 4.08. The third-order valence-electron chi connectivity index (χ3n) is 2.65. The van der Waals surface area contributed by atoms with E-state index in [2.05, 4.69) is 10.3 Å². The molecule has 2 aromatic heterocycles. The number of fused-ring (bicyclic) bond motifs is 1. The first-order valence-corrected chi connectivity index (χ1v) is 5.59. The Hall–Kier alpha value is -2.24. The van der Waals surface area contributed by atoms with Gasteiger partial charge in [0.2, 0.25) is 5.88 Å². The predicted molar refractivity (Wildman–Crippen MR) is 66.9 cm³/mol. The average molecular weight is 249 g/mol. The highest BCUT2D eigenvalue weighted by Crippen LogP contribution is 2.17. The summed E-state index contributed by atoms with van der Waals surface area (Å²) in [5, 5.41) is 11.1. The molecule has 2 N–H and O–H groups in total. The molecular weight excluding hydrogens is 234 g/mol. The Labute approximate surface area is 104 Å². The molecule has 0 aliphatic heterocycles. The van der Waals surface area contributed by atoms with Crippen LogP contribution in [-0.2, 0) is 6.54 Å². The fourth-order valence-electron chi connectivity index (χ4n) is 1.88. The van der Waals surface area contributed by atoms with Crippen LogP contribution < -0.4 is 10.1 Å². The number of hydrogen-bond acceptors (Lipinski definition) is 3. The second kappa shape index (κ2) is 4.95. The summed E-state index contributed by atoms with van der Waals surface area (Å²) < 4.78 is 7.02. The molecule has 0 aromatic carbocycles. The first kappa shape index (κ1) is 12.2. The lowest BCUT2D eigenvalue weighted by Crippen LogP contribution is -2.34. The number of pyridine rings is 1. The van der Waals surface area contributed by atoms with Crippen LogP contribution in [0.25, 0.3) is 11.0 Å². The van der Waals surface area contributed by atoms with Crippen LogP contribution in [0.2, 0.25) is 0 Å². The summed E-state index contributed by atoms with van der Waals surface area (Å²) in [5.74, 6) is 0.567. The van der Waals surface area contributed by atoms with E-state index in [0.717, 1.165) is 11.0 Å². The summed E-state index contributed by atoms with van der Waals surface area (Å²) in [5.41, 5.74) is 1.78. The fraction of sp³-hybridized carbons (Fsp3) is 0.333. The Morgan fingerprint density at radius 1 is 1.56 bits per heavy atom. The van der Waals surface area contributed by atoms with Crippen LogP contribution >= 0.6 is 0 Å². The van der Waals surface area contributed by atoms with Crippen LogP contribution in [0.15, 0.2) is 24.4 Å². The molecule has 2 heterocycles. The molecule has 0 saturated heterocycles. The third-order valence-corrected chi connectivity index (χ3v) is 2.65. The van der Waals surface area contributed by atoms with Crippen molar-refractivity contribution in [3.63, 3.8) is 0 Å². The van der Waals surface area contributed by atoms with Crippen molar-refractivity contribution in [2.45, 2.75) is 19.5 Å². The quantitative estimate of drug-likeness (QED) is 0.864. The molecule has 0 aliphatic rings. The number of nitrogens with zero attached hydrogens (tertiary/aromatic N) is 2. The number of amides is 1. The number of carboxylic acid groups (broad SMARTS) is 1. The van der Waals surface area contributed by atoms with E-state index in [9.17, 15) is 4.79 Å². The molecule has 0 aliphatic carbocycles. The summed E-state index contributed by atoms with van der Waals surface area (Å²) in [4.78, 5) is 14.8. The van der Waals surface area contributed by atoms with Gasteiger partial charge in [-0.05, 0) is 19.1 Å². The van der Waals surface area contributed by atoms with Crippen molar-refractivity contribution in [2.24, 2.45) is 0 Å². The Balaban J connectivity index is 2.21. The molecule has 6 heteroatoms. The van der Waals surface area contributed by atoms with Gasteiger partial charge >= 0.3 is 6.09 Å². The molecule has 0 bridgehead atoms. The standard InChI is InChI=1S/C12H15N3O3/c1-8(13-12(16)17)7-15-6-5-9-10(15)3-4-11(14-9)18-2/h3-6,8,13H,7H2,1-2H3,(H,16,17). The zero-order valence-corrected chi connectivity index (χ0v) is 10.3. The van der Waals surface area contributed by atoms with E-state index in [1.165, 1.54) is 0 Å². The van der Waals surface area contributed by atoms with Crippen LogP contribution in [0.4, 0.5) is 4.79 Å². The van der Waals surface area contributed by atoms with Gasteiger partial charge in [0.25, 0.3) is 0 Å². The molecule has 96 valence electrons. The Bertz CT molecular complexity index is 565.